The first-order chi connectivity index (χ1) is 7.39. The van der Waals surface area contributed by atoms with Gasteiger partial charge in [0, 0.05) is 16.4 Å². The summed E-state index contributed by atoms with van der Waals surface area (Å²) in [6.07, 6.45) is 0. The number of hydrogen-bond donors (Lipinski definition) is 2. The molecular formula is C12H16BrNO2. The van der Waals surface area contributed by atoms with Crippen molar-refractivity contribution in [2.45, 2.75) is 25.8 Å². The van der Waals surface area contributed by atoms with Crippen LogP contribution < -0.4 is 10.5 Å². The third-order valence-corrected chi connectivity index (χ3v) is 4.23. The highest BCUT2D eigenvalue weighted by Gasteiger charge is 2.56. The summed E-state index contributed by atoms with van der Waals surface area (Å²) in [7, 11) is 1.55. The van der Waals surface area contributed by atoms with E-state index in [9.17, 15) is 5.11 Å². The molecule has 0 heterocycles. The molecule has 0 unspecified atom stereocenters. The number of methoxy groups -OCH3 is 1. The Morgan fingerprint density at radius 1 is 1.44 bits per heavy atom. The van der Waals surface area contributed by atoms with Crippen molar-refractivity contribution in [2.75, 3.05) is 7.11 Å². The molecular weight excluding hydrogens is 270 g/mol. The Morgan fingerprint density at radius 3 is 2.44 bits per heavy atom. The second-order valence-corrected chi connectivity index (χ2v) is 5.72. The SMILES string of the molecule is COc1cc([C@H]2[C@H](N)C2(C)C)c(Br)cc1O. The average molecular weight is 286 g/mol. The molecule has 0 radical (unpaired) electrons. The van der Waals surface area contributed by atoms with Crippen LogP contribution in [0, 0.1) is 5.41 Å². The molecule has 3 N–H and O–H groups in total. The third kappa shape index (κ3) is 1.60. The van der Waals surface area contributed by atoms with Crippen LogP contribution in [0.4, 0.5) is 0 Å². The van der Waals surface area contributed by atoms with E-state index in [1.165, 1.54) is 0 Å². The molecule has 2 atom stereocenters. The second kappa shape index (κ2) is 3.64. The molecule has 1 aliphatic carbocycles. The van der Waals surface area contributed by atoms with Gasteiger partial charge in [-0.1, -0.05) is 29.8 Å². The van der Waals surface area contributed by atoms with E-state index in [0.717, 1.165) is 10.0 Å². The van der Waals surface area contributed by atoms with E-state index >= 15 is 0 Å². The average Bonchev–Trinajstić information content (AvgIpc) is 2.68. The van der Waals surface area contributed by atoms with Gasteiger partial charge in [-0.25, -0.2) is 0 Å². The highest BCUT2D eigenvalue weighted by atomic mass is 79.9. The normalized spacial score (nSPS) is 26.6. The Bertz CT molecular complexity index is 431. The van der Waals surface area contributed by atoms with E-state index < -0.39 is 0 Å². The zero-order valence-corrected chi connectivity index (χ0v) is 11.2. The van der Waals surface area contributed by atoms with Gasteiger partial charge in [0.15, 0.2) is 11.5 Å². The summed E-state index contributed by atoms with van der Waals surface area (Å²) in [6.45, 7) is 4.29. The topological polar surface area (TPSA) is 55.5 Å². The first kappa shape index (κ1) is 11.7. The first-order valence-corrected chi connectivity index (χ1v) is 6.01. The summed E-state index contributed by atoms with van der Waals surface area (Å²) in [5.74, 6) is 0.953. The summed E-state index contributed by atoms with van der Waals surface area (Å²) < 4.78 is 6.00. The quantitative estimate of drug-likeness (QED) is 0.878. The number of hydrogen-bond acceptors (Lipinski definition) is 3. The summed E-state index contributed by atoms with van der Waals surface area (Å²) in [4.78, 5) is 0. The molecule has 1 fully saturated rings. The van der Waals surface area contributed by atoms with Gasteiger partial charge in [-0.3, -0.25) is 0 Å². The molecule has 0 amide bonds. The van der Waals surface area contributed by atoms with Crippen molar-refractivity contribution in [2.24, 2.45) is 11.1 Å². The molecule has 3 nitrogen and oxygen atoms in total. The van der Waals surface area contributed by atoms with Gasteiger partial charge in [-0.2, -0.15) is 0 Å². The summed E-state index contributed by atoms with van der Waals surface area (Å²) in [5, 5.41) is 9.63. The van der Waals surface area contributed by atoms with Crippen molar-refractivity contribution < 1.29 is 9.84 Å². The van der Waals surface area contributed by atoms with Crippen molar-refractivity contribution in [3.05, 3.63) is 22.2 Å². The minimum absolute atomic E-state index is 0.116. The Morgan fingerprint density at radius 2 is 2.00 bits per heavy atom. The smallest absolute Gasteiger partial charge is 0.160 e. The van der Waals surface area contributed by atoms with E-state index in [-0.39, 0.29) is 17.2 Å². The number of nitrogens with two attached hydrogens (primary N) is 1. The predicted octanol–water partition coefficient (Wildman–Crippen LogP) is 2.61. The standard InChI is InChI=1S/C12H16BrNO2/c1-12(2)10(11(12)14)6-4-9(16-3)8(15)5-7(6)13/h4-5,10-11,15H,14H2,1-3H3/t10-,11-/m0/s1. The highest BCUT2D eigenvalue weighted by Crippen LogP contribution is 2.59. The minimum Gasteiger partial charge on any atom is -0.504 e. The molecule has 4 heteroatoms. The van der Waals surface area contributed by atoms with Crippen molar-refractivity contribution in [3.63, 3.8) is 0 Å². The zero-order valence-electron chi connectivity index (χ0n) is 9.62. The fourth-order valence-electron chi connectivity index (χ4n) is 2.23. The van der Waals surface area contributed by atoms with E-state index in [1.807, 2.05) is 6.07 Å². The second-order valence-electron chi connectivity index (χ2n) is 4.87. The van der Waals surface area contributed by atoms with E-state index in [1.54, 1.807) is 13.2 Å². The number of rotatable bonds is 2. The molecule has 88 valence electrons. The lowest BCUT2D eigenvalue weighted by atomic mass is 10.0. The fourth-order valence-corrected chi connectivity index (χ4v) is 2.81. The molecule has 0 spiro atoms. The molecule has 1 aromatic rings. The molecule has 1 saturated carbocycles. The van der Waals surface area contributed by atoms with Crippen molar-refractivity contribution in [1.82, 2.24) is 0 Å². The minimum atomic E-state index is 0.116. The lowest BCUT2D eigenvalue weighted by Crippen LogP contribution is -2.06. The van der Waals surface area contributed by atoms with Crippen LogP contribution in [-0.2, 0) is 0 Å². The van der Waals surface area contributed by atoms with Gasteiger partial charge in [-0.05, 0) is 23.1 Å². The molecule has 0 aromatic heterocycles. The maximum absolute atomic E-state index is 9.63. The molecule has 2 rings (SSSR count). The monoisotopic (exact) mass is 285 g/mol. The van der Waals surface area contributed by atoms with Crippen LogP contribution in [0.5, 0.6) is 11.5 Å². The van der Waals surface area contributed by atoms with Gasteiger partial charge in [0.1, 0.15) is 0 Å². The van der Waals surface area contributed by atoms with Gasteiger partial charge in [0.05, 0.1) is 7.11 Å². The Kier molecular flexibility index (Phi) is 2.67. The number of aromatic hydroxyl groups is 1. The largest absolute Gasteiger partial charge is 0.504 e. The van der Waals surface area contributed by atoms with Crippen molar-refractivity contribution in [1.29, 1.82) is 0 Å². The lowest BCUT2D eigenvalue weighted by Gasteiger charge is -2.10. The predicted molar refractivity (Wildman–Crippen MR) is 66.9 cm³/mol. The van der Waals surface area contributed by atoms with E-state index in [4.69, 9.17) is 10.5 Å². The molecule has 1 aromatic carbocycles. The van der Waals surface area contributed by atoms with Gasteiger partial charge in [0.2, 0.25) is 0 Å². The highest BCUT2D eigenvalue weighted by molar-refractivity contribution is 9.10. The van der Waals surface area contributed by atoms with Gasteiger partial charge < -0.3 is 15.6 Å². The summed E-state index contributed by atoms with van der Waals surface area (Å²) in [6, 6.07) is 3.69. The number of halogens is 1. The van der Waals surface area contributed by atoms with Crippen LogP contribution in [-0.4, -0.2) is 18.3 Å². The fraction of sp³-hybridized carbons (Fsp3) is 0.500. The summed E-state index contributed by atoms with van der Waals surface area (Å²) >= 11 is 3.46. The Hall–Kier alpha value is -0.740. The third-order valence-electron chi connectivity index (χ3n) is 3.54. The van der Waals surface area contributed by atoms with Crippen LogP contribution in [0.3, 0.4) is 0 Å². The van der Waals surface area contributed by atoms with Gasteiger partial charge >= 0.3 is 0 Å². The van der Waals surface area contributed by atoms with Crippen LogP contribution in [0.25, 0.3) is 0 Å². The lowest BCUT2D eigenvalue weighted by molar-refractivity contribution is 0.372. The zero-order chi connectivity index (χ0) is 12.1. The summed E-state index contributed by atoms with van der Waals surface area (Å²) in [5.41, 5.74) is 7.27. The van der Waals surface area contributed by atoms with Crippen molar-refractivity contribution in [3.8, 4) is 11.5 Å². The van der Waals surface area contributed by atoms with Crippen LogP contribution in [0.2, 0.25) is 0 Å². The molecule has 0 aliphatic heterocycles. The molecule has 0 bridgehead atoms. The van der Waals surface area contributed by atoms with E-state index in [2.05, 4.69) is 29.8 Å². The van der Waals surface area contributed by atoms with Gasteiger partial charge in [0.25, 0.3) is 0 Å². The Labute approximate surface area is 104 Å². The van der Waals surface area contributed by atoms with Crippen LogP contribution in [0.15, 0.2) is 16.6 Å². The molecule has 1 aliphatic rings. The van der Waals surface area contributed by atoms with Crippen LogP contribution >= 0.6 is 15.9 Å². The molecule has 0 saturated heterocycles. The first-order valence-electron chi connectivity index (χ1n) is 5.21. The number of phenols is 1. The van der Waals surface area contributed by atoms with Crippen LogP contribution in [0.1, 0.15) is 25.3 Å². The maximum atomic E-state index is 9.63. The number of ether oxygens (including phenoxy) is 1. The van der Waals surface area contributed by atoms with Gasteiger partial charge in [-0.15, -0.1) is 0 Å². The maximum Gasteiger partial charge on any atom is 0.160 e. The van der Waals surface area contributed by atoms with Crippen molar-refractivity contribution >= 4 is 15.9 Å². The van der Waals surface area contributed by atoms with E-state index in [0.29, 0.717) is 11.7 Å². The molecule has 16 heavy (non-hydrogen) atoms. The number of benzene rings is 1. The Balaban J connectivity index is 2.43. The number of phenolic OH excluding ortho intramolecular Hbond substituents is 1.